The number of rotatable bonds is 6. The maximum atomic E-state index is 16.8. The molecule has 0 amide bonds. The van der Waals surface area contributed by atoms with E-state index in [0.717, 1.165) is 51.5 Å². The molecule has 0 radical (unpaired) electrons. The molecule has 0 aromatic heterocycles. The number of carbonyl (C=O) groups is 1. The van der Waals surface area contributed by atoms with Gasteiger partial charge in [-0.25, -0.2) is 0 Å². The average Bonchev–Trinajstić information content (AvgIpc) is 3.73. The Kier molecular flexibility index (Phi) is 7.69. The lowest BCUT2D eigenvalue weighted by molar-refractivity contribution is -0.132. The van der Waals surface area contributed by atoms with Crippen molar-refractivity contribution in [3.8, 4) is 0 Å². The molecule has 0 bridgehead atoms. The van der Waals surface area contributed by atoms with Gasteiger partial charge >= 0.3 is 0 Å². The van der Waals surface area contributed by atoms with Gasteiger partial charge < -0.3 is 0 Å². The monoisotopic (exact) mass is 662 g/mol. The number of hydrogen-bond acceptors (Lipinski definition) is 5. The Morgan fingerprint density at radius 2 is 0.745 bits per heavy atom. The van der Waals surface area contributed by atoms with Crippen LogP contribution in [-0.4, -0.2) is 28.3 Å². The van der Waals surface area contributed by atoms with Crippen molar-refractivity contribution in [1.29, 1.82) is 0 Å². The molecule has 2 heterocycles. The van der Waals surface area contributed by atoms with E-state index in [1.54, 1.807) is 0 Å². The van der Waals surface area contributed by atoms with E-state index in [-0.39, 0.29) is 17.6 Å². The van der Waals surface area contributed by atoms with Crippen LogP contribution in [0.2, 0.25) is 0 Å². The first-order valence-corrected chi connectivity index (χ1v) is 17.8. The summed E-state index contributed by atoms with van der Waals surface area (Å²) < 4.78 is 0. The molecule has 5 nitrogen and oxygen atoms in total. The summed E-state index contributed by atoms with van der Waals surface area (Å²) in [5, 5.41) is 15.2. The van der Waals surface area contributed by atoms with Crippen LogP contribution in [0.1, 0.15) is 53.4 Å². The van der Waals surface area contributed by atoms with Gasteiger partial charge in [0.15, 0.2) is 5.78 Å². The average molecular weight is 663 g/mol. The van der Waals surface area contributed by atoms with E-state index in [1.165, 1.54) is 0 Å². The first-order chi connectivity index (χ1) is 25.2. The highest BCUT2D eigenvalue weighted by atomic mass is 16.1. The van der Waals surface area contributed by atoms with Crippen LogP contribution in [0.4, 0.5) is 11.4 Å². The Balaban J connectivity index is 1.34. The van der Waals surface area contributed by atoms with Crippen LogP contribution in [-0.2, 0) is 4.79 Å². The molecule has 51 heavy (non-hydrogen) atoms. The van der Waals surface area contributed by atoms with Crippen molar-refractivity contribution < 1.29 is 4.79 Å². The van der Waals surface area contributed by atoms with E-state index in [2.05, 4.69) is 131 Å². The molecule has 0 saturated heterocycles. The molecular formula is C46H38N4O. The minimum absolute atomic E-state index is 0.140. The van der Waals surface area contributed by atoms with Gasteiger partial charge in [-0.1, -0.05) is 158 Å². The number of benzene rings is 6. The predicted molar refractivity (Wildman–Crippen MR) is 206 cm³/mol. The van der Waals surface area contributed by atoms with E-state index in [1.807, 2.05) is 60.7 Å². The molecule has 2 aliphatic heterocycles. The molecule has 1 fully saturated rings. The number of carbonyl (C=O) groups excluding carboxylic acids is 1. The van der Waals surface area contributed by atoms with Crippen LogP contribution >= 0.6 is 0 Å². The highest BCUT2D eigenvalue weighted by molar-refractivity contribution is 6.21. The standard InChI is InChI=1S/C46H38N4O/c51-44-45(40(34-20-7-1-8-21-34)42(36-24-11-3-12-25-36)47-49(45)38-28-15-5-16-29-38)32-19-33-46(44)41(35-22-9-2-10-23-35)43(37-26-13-4-14-27-37)48-50(46)39-30-17-6-18-31-39/h1-18,20-31,40-41H,19,32-33H2/t40-,41-,45?,46?/m1/s1. The molecule has 6 aromatic rings. The molecule has 1 saturated carbocycles. The van der Waals surface area contributed by atoms with E-state index in [4.69, 9.17) is 10.2 Å². The Hall–Kier alpha value is -6.07. The van der Waals surface area contributed by atoms with Crippen LogP contribution in [0.15, 0.2) is 192 Å². The summed E-state index contributed by atoms with van der Waals surface area (Å²) >= 11 is 0. The Bertz CT molecular complexity index is 2050. The van der Waals surface area contributed by atoms with Crippen molar-refractivity contribution in [1.82, 2.24) is 0 Å². The Morgan fingerprint density at radius 1 is 0.431 bits per heavy atom. The molecule has 248 valence electrons. The molecule has 3 aliphatic rings. The fourth-order valence-electron chi connectivity index (χ4n) is 8.93. The third-order valence-electron chi connectivity index (χ3n) is 11.0. The van der Waals surface area contributed by atoms with Gasteiger partial charge in [-0.15, -0.1) is 0 Å². The fraction of sp³-hybridized carbons (Fsp3) is 0.152. The second-order valence-corrected chi connectivity index (χ2v) is 13.7. The van der Waals surface area contributed by atoms with Crippen molar-refractivity contribution in [2.75, 3.05) is 10.0 Å². The second kappa shape index (κ2) is 12.7. The lowest BCUT2D eigenvalue weighted by Crippen LogP contribution is -2.70. The minimum Gasteiger partial charge on any atom is -0.294 e. The van der Waals surface area contributed by atoms with E-state index in [9.17, 15) is 0 Å². The van der Waals surface area contributed by atoms with E-state index in [0.29, 0.717) is 12.8 Å². The number of anilines is 2. The van der Waals surface area contributed by atoms with Gasteiger partial charge in [0, 0.05) is 0 Å². The van der Waals surface area contributed by atoms with Crippen molar-refractivity contribution >= 4 is 28.6 Å². The van der Waals surface area contributed by atoms with Crippen molar-refractivity contribution in [2.24, 2.45) is 10.2 Å². The quantitative estimate of drug-likeness (QED) is 0.179. The van der Waals surface area contributed by atoms with Gasteiger partial charge in [0.1, 0.15) is 11.1 Å². The number of hydrogen-bond donors (Lipinski definition) is 0. The summed E-state index contributed by atoms with van der Waals surface area (Å²) in [6, 6.07) is 62.4. The zero-order chi connectivity index (χ0) is 34.3. The predicted octanol–water partition coefficient (Wildman–Crippen LogP) is 9.63. The molecule has 5 heteroatoms. The molecule has 2 unspecified atom stereocenters. The summed E-state index contributed by atoms with van der Waals surface area (Å²) in [5.41, 5.74) is 5.71. The van der Waals surface area contributed by atoms with Crippen molar-refractivity contribution in [3.05, 3.63) is 204 Å². The Labute approximate surface area is 299 Å². The largest absolute Gasteiger partial charge is 0.294 e. The van der Waals surface area contributed by atoms with Gasteiger partial charge in [-0.05, 0) is 65.8 Å². The molecule has 6 aromatic carbocycles. The summed E-state index contributed by atoms with van der Waals surface area (Å²) in [7, 11) is 0. The maximum absolute atomic E-state index is 16.8. The van der Waals surface area contributed by atoms with Crippen LogP contribution in [0.3, 0.4) is 0 Å². The highest BCUT2D eigenvalue weighted by Crippen LogP contribution is 2.58. The van der Waals surface area contributed by atoms with Gasteiger partial charge in [-0.3, -0.25) is 14.8 Å². The first kappa shape index (κ1) is 30.9. The second-order valence-electron chi connectivity index (χ2n) is 13.7. The van der Waals surface area contributed by atoms with Crippen LogP contribution < -0.4 is 10.0 Å². The molecule has 9 rings (SSSR count). The van der Waals surface area contributed by atoms with Gasteiger partial charge in [-0.2, -0.15) is 10.2 Å². The smallest absolute Gasteiger partial charge is 0.190 e. The van der Waals surface area contributed by atoms with Crippen LogP contribution in [0.5, 0.6) is 0 Å². The van der Waals surface area contributed by atoms with E-state index < -0.39 is 11.1 Å². The maximum Gasteiger partial charge on any atom is 0.190 e. The summed E-state index contributed by atoms with van der Waals surface area (Å²) in [6.45, 7) is 0. The molecular weight excluding hydrogens is 625 g/mol. The zero-order valence-corrected chi connectivity index (χ0v) is 28.3. The Morgan fingerprint density at radius 3 is 1.10 bits per heavy atom. The van der Waals surface area contributed by atoms with Gasteiger partial charge in [0.05, 0.1) is 34.6 Å². The molecule has 1 aliphatic carbocycles. The van der Waals surface area contributed by atoms with Crippen LogP contribution in [0, 0.1) is 0 Å². The first-order valence-electron chi connectivity index (χ1n) is 17.8. The third-order valence-corrected chi connectivity index (χ3v) is 11.0. The van der Waals surface area contributed by atoms with E-state index >= 15 is 4.79 Å². The minimum atomic E-state index is -1.05. The lowest BCUT2D eigenvalue weighted by Gasteiger charge is -2.53. The number of nitrogens with zero attached hydrogens (tertiary/aromatic N) is 4. The van der Waals surface area contributed by atoms with Crippen LogP contribution in [0.25, 0.3) is 0 Å². The van der Waals surface area contributed by atoms with Gasteiger partial charge in [0.2, 0.25) is 0 Å². The highest BCUT2D eigenvalue weighted by Gasteiger charge is 2.70. The van der Waals surface area contributed by atoms with Gasteiger partial charge in [0.25, 0.3) is 0 Å². The summed E-state index contributed by atoms with van der Waals surface area (Å²) in [6.07, 6.45) is 2.10. The summed E-state index contributed by atoms with van der Waals surface area (Å²) in [5.74, 6) is -0.525. The third kappa shape index (κ3) is 4.87. The number of ketones is 1. The number of Topliss-reactive ketones (excluding diaryl/α,β-unsaturated/α-hetero) is 1. The topological polar surface area (TPSA) is 48.3 Å². The lowest BCUT2D eigenvalue weighted by atomic mass is 9.57. The molecule has 4 atom stereocenters. The molecule has 0 N–H and O–H groups in total. The number of hydrazone groups is 2. The van der Waals surface area contributed by atoms with Crippen molar-refractivity contribution in [2.45, 2.75) is 42.2 Å². The fourth-order valence-corrected chi connectivity index (χ4v) is 8.93. The normalized spacial score (nSPS) is 24.2. The van der Waals surface area contributed by atoms with Crippen molar-refractivity contribution in [3.63, 3.8) is 0 Å². The summed E-state index contributed by atoms with van der Waals surface area (Å²) in [4.78, 5) is 16.8. The number of para-hydroxylation sites is 2. The zero-order valence-electron chi connectivity index (χ0n) is 28.3. The molecule has 2 spiro atoms. The SMILES string of the molecule is O=C1C2(CCCC13[C@H](c1ccccc1)C(c1ccccc1)=NN3c1ccccc1)[C@H](c1ccccc1)C(c1ccccc1)=NN2c1ccccc1.